The fraction of sp³-hybridized carbons (Fsp3) is 0.524. The third-order valence-electron chi connectivity index (χ3n) is 5.45. The molecule has 27 heavy (non-hydrogen) atoms. The van der Waals surface area contributed by atoms with E-state index < -0.39 is 0 Å². The molecule has 1 fully saturated rings. The molecule has 0 saturated carbocycles. The lowest BCUT2D eigenvalue weighted by atomic mass is 9.96. The number of aromatic nitrogens is 2. The first-order chi connectivity index (χ1) is 12.9. The first-order valence-corrected chi connectivity index (χ1v) is 10.1. The molecule has 3 heterocycles. The summed E-state index contributed by atoms with van der Waals surface area (Å²) in [4.78, 5) is 9.21. The number of rotatable bonds is 7. The second-order valence-electron chi connectivity index (χ2n) is 7.55. The normalized spacial score (nSPS) is 19.8. The van der Waals surface area contributed by atoms with Crippen LogP contribution in [0.1, 0.15) is 48.1 Å². The molecule has 5 nitrogen and oxygen atoms in total. The van der Waals surface area contributed by atoms with Gasteiger partial charge in [0.25, 0.3) is 0 Å². The van der Waals surface area contributed by atoms with Crippen molar-refractivity contribution < 1.29 is 0 Å². The maximum Gasteiger partial charge on any atom is 0.170 e. The Balaban J connectivity index is 1.99. The van der Waals surface area contributed by atoms with Gasteiger partial charge in [-0.25, -0.2) is 0 Å². The number of nitrogens with one attached hydrogen (secondary N) is 1. The van der Waals surface area contributed by atoms with Crippen LogP contribution in [0.25, 0.3) is 0 Å². The third kappa shape index (κ3) is 4.01. The molecule has 1 saturated heterocycles. The van der Waals surface area contributed by atoms with Crippen molar-refractivity contribution in [3.63, 3.8) is 0 Å². The average molecular weight is 386 g/mol. The van der Waals surface area contributed by atoms with E-state index in [1.54, 1.807) is 0 Å². The summed E-state index contributed by atoms with van der Waals surface area (Å²) in [7, 11) is 4.23. The molecule has 1 N–H and O–H groups in total. The van der Waals surface area contributed by atoms with Crippen LogP contribution in [0.4, 0.5) is 0 Å². The molecule has 146 valence electrons. The van der Waals surface area contributed by atoms with Gasteiger partial charge in [-0.15, -0.1) is 0 Å². The van der Waals surface area contributed by atoms with E-state index in [0.29, 0.717) is 0 Å². The van der Waals surface area contributed by atoms with Crippen LogP contribution in [0.15, 0.2) is 30.5 Å². The van der Waals surface area contributed by atoms with E-state index in [9.17, 15) is 0 Å². The molecule has 1 aliphatic heterocycles. The SMILES string of the molecule is CCn1c(C)cc([C@H]2[C@@H](c3ccccn3)NC(=S)N2CCCN(C)C)c1C. The van der Waals surface area contributed by atoms with Crippen LogP contribution in [0.5, 0.6) is 0 Å². The highest BCUT2D eigenvalue weighted by molar-refractivity contribution is 7.80. The number of pyridine rings is 1. The van der Waals surface area contributed by atoms with Crippen molar-refractivity contribution in [3.8, 4) is 0 Å². The molecule has 0 radical (unpaired) electrons. The number of nitrogens with zero attached hydrogens (tertiary/aromatic N) is 4. The Hall–Kier alpha value is -1.92. The van der Waals surface area contributed by atoms with E-state index in [1.165, 1.54) is 17.0 Å². The second-order valence-corrected chi connectivity index (χ2v) is 7.93. The highest BCUT2D eigenvalue weighted by atomic mass is 32.1. The summed E-state index contributed by atoms with van der Waals surface area (Å²) in [6.45, 7) is 9.58. The largest absolute Gasteiger partial charge is 0.352 e. The van der Waals surface area contributed by atoms with Crippen molar-refractivity contribution in [2.75, 3.05) is 27.2 Å². The lowest BCUT2D eigenvalue weighted by molar-refractivity contribution is 0.292. The minimum absolute atomic E-state index is 0.0730. The van der Waals surface area contributed by atoms with Crippen molar-refractivity contribution in [1.29, 1.82) is 0 Å². The quantitative estimate of drug-likeness (QED) is 0.739. The minimum atomic E-state index is 0.0730. The van der Waals surface area contributed by atoms with Gasteiger partial charge in [-0.05, 0) is 83.8 Å². The second kappa shape index (κ2) is 8.40. The Morgan fingerprint density at radius 3 is 2.63 bits per heavy atom. The third-order valence-corrected chi connectivity index (χ3v) is 5.80. The summed E-state index contributed by atoms with van der Waals surface area (Å²) < 4.78 is 2.38. The van der Waals surface area contributed by atoms with Crippen LogP contribution in [0, 0.1) is 13.8 Å². The van der Waals surface area contributed by atoms with Gasteiger partial charge in [0.1, 0.15) is 0 Å². The zero-order valence-electron chi connectivity index (χ0n) is 17.1. The van der Waals surface area contributed by atoms with Crippen LogP contribution >= 0.6 is 12.2 Å². The van der Waals surface area contributed by atoms with Crippen LogP contribution in [0.3, 0.4) is 0 Å². The Bertz CT molecular complexity index is 783. The number of aryl methyl sites for hydroxylation is 1. The van der Waals surface area contributed by atoms with E-state index in [0.717, 1.165) is 36.9 Å². The number of thiocarbonyl (C=S) groups is 1. The Kier molecular flexibility index (Phi) is 6.17. The van der Waals surface area contributed by atoms with Gasteiger partial charge in [-0.3, -0.25) is 4.98 Å². The molecule has 0 aliphatic carbocycles. The summed E-state index contributed by atoms with van der Waals surface area (Å²) >= 11 is 5.75. The zero-order valence-corrected chi connectivity index (χ0v) is 17.9. The summed E-state index contributed by atoms with van der Waals surface area (Å²) in [6, 6.07) is 8.67. The number of hydrogen-bond donors (Lipinski definition) is 1. The van der Waals surface area contributed by atoms with Crippen LogP contribution in [0.2, 0.25) is 0 Å². The highest BCUT2D eigenvalue weighted by Crippen LogP contribution is 2.40. The van der Waals surface area contributed by atoms with Crippen molar-refractivity contribution in [1.82, 2.24) is 24.7 Å². The van der Waals surface area contributed by atoms with Crippen molar-refractivity contribution in [2.24, 2.45) is 0 Å². The summed E-state index contributed by atoms with van der Waals surface area (Å²) in [6.07, 6.45) is 2.94. The maximum atomic E-state index is 5.75. The van der Waals surface area contributed by atoms with Gasteiger partial charge < -0.3 is 19.7 Å². The van der Waals surface area contributed by atoms with Crippen molar-refractivity contribution in [2.45, 2.75) is 45.8 Å². The zero-order chi connectivity index (χ0) is 19.6. The molecule has 2 aromatic heterocycles. The fourth-order valence-electron chi connectivity index (χ4n) is 4.16. The molecule has 2 aromatic rings. The van der Waals surface area contributed by atoms with Crippen molar-refractivity contribution >= 4 is 17.3 Å². The Morgan fingerprint density at radius 1 is 1.26 bits per heavy atom. The Labute approximate surface area is 168 Å². The molecular weight excluding hydrogens is 354 g/mol. The van der Waals surface area contributed by atoms with Crippen molar-refractivity contribution in [3.05, 3.63) is 53.1 Å². The molecule has 3 rings (SSSR count). The maximum absolute atomic E-state index is 5.75. The van der Waals surface area contributed by atoms with Crippen LogP contribution in [-0.2, 0) is 6.54 Å². The molecule has 0 aromatic carbocycles. The minimum Gasteiger partial charge on any atom is -0.352 e. The molecule has 0 bridgehead atoms. The fourth-order valence-corrected chi connectivity index (χ4v) is 4.49. The average Bonchev–Trinajstić information content (AvgIpc) is 3.11. The van der Waals surface area contributed by atoms with E-state index >= 15 is 0 Å². The van der Waals surface area contributed by atoms with Gasteiger partial charge in [-0.2, -0.15) is 0 Å². The molecule has 0 unspecified atom stereocenters. The first kappa shape index (κ1) is 19.8. The van der Waals surface area contributed by atoms with E-state index in [2.05, 4.69) is 71.7 Å². The topological polar surface area (TPSA) is 36.3 Å². The first-order valence-electron chi connectivity index (χ1n) is 9.73. The highest BCUT2D eigenvalue weighted by Gasteiger charge is 2.40. The molecule has 0 spiro atoms. The molecular formula is C21H31N5S. The monoisotopic (exact) mass is 385 g/mol. The van der Waals surface area contributed by atoms with Gasteiger partial charge in [-0.1, -0.05) is 6.07 Å². The number of hydrogen-bond acceptors (Lipinski definition) is 3. The van der Waals surface area contributed by atoms with E-state index in [-0.39, 0.29) is 12.1 Å². The lowest BCUT2D eigenvalue weighted by Crippen LogP contribution is -2.32. The molecule has 2 atom stereocenters. The molecule has 0 amide bonds. The predicted molar refractivity (Wildman–Crippen MR) is 115 cm³/mol. The van der Waals surface area contributed by atoms with Gasteiger partial charge in [0.05, 0.1) is 17.8 Å². The van der Waals surface area contributed by atoms with E-state index in [4.69, 9.17) is 12.2 Å². The van der Waals surface area contributed by atoms with Crippen LogP contribution < -0.4 is 5.32 Å². The summed E-state index contributed by atoms with van der Waals surface area (Å²) in [5.41, 5.74) is 5.02. The predicted octanol–water partition coefficient (Wildman–Crippen LogP) is 3.44. The Morgan fingerprint density at radius 2 is 2.04 bits per heavy atom. The van der Waals surface area contributed by atoms with Gasteiger partial charge in [0.15, 0.2) is 5.11 Å². The van der Waals surface area contributed by atoms with Gasteiger partial charge in [0.2, 0.25) is 0 Å². The standard InChI is InChI=1S/C21H31N5S/c1-6-25-15(2)14-17(16(25)3)20-19(18-10-7-8-11-22-18)23-21(27)26(20)13-9-12-24(4)5/h7-8,10-11,14,19-20H,6,9,12-13H2,1-5H3,(H,23,27)/t19-,20+/m1/s1. The lowest BCUT2D eigenvalue weighted by Gasteiger charge is -2.28. The molecule has 6 heteroatoms. The van der Waals surface area contributed by atoms with Gasteiger partial charge >= 0.3 is 0 Å². The van der Waals surface area contributed by atoms with E-state index in [1.807, 2.05) is 18.3 Å². The van der Waals surface area contributed by atoms with Gasteiger partial charge in [0, 0.05) is 30.7 Å². The summed E-state index contributed by atoms with van der Waals surface area (Å²) in [5, 5.41) is 4.38. The smallest absolute Gasteiger partial charge is 0.170 e. The van der Waals surface area contributed by atoms with Crippen LogP contribution in [-0.4, -0.2) is 51.6 Å². The summed E-state index contributed by atoms with van der Waals surface area (Å²) in [5.74, 6) is 0. The molecule has 1 aliphatic rings.